The summed E-state index contributed by atoms with van der Waals surface area (Å²) in [7, 11) is -1.96. The van der Waals surface area contributed by atoms with E-state index in [-0.39, 0.29) is 10.9 Å². The lowest BCUT2D eigenvalue weighted by molar-refractivity contribution is 0.414. The number of rotatable bonds is 4. The quantitative estimate of drug-likeness (QED) is 0.890. The monoisotopic (exact) mass is 307 g/mol. The molecule has 1 atom stereocenters. The number of fused-ring (bicyclic) bond motifs is 1. The van der Waals surface area contributed by atoms with E-state index in [9.17, 15) is 8.42 Å². The maximum atomic E-state index is 12.4. The van der Waals surface area contributed by atoms with E-state index in [1.807, 2.05) is 6.20 Å². The second kappa shape index (κ2) is 5.50. The molecule has 1 aromatic heterocycles. The molecule has 7 heteroatoms. The molecule has 6 nitrogen and oxygen atoms in total. The lowest BCUT2D eigenvalue weighted by Gasteiger charge is -2.22. The molecule has 0 spiro atoms. The lowest BCUT2D eigenvalue weighted by atomic mass is 9.95. The van der Waals surface area contributed by atoms with Crippen molar-refractivity contribution in [2.45, 2.75) is 30.2 Å². The average Bonchev–Trinajstić information content (AvgIpc) is 2.94. The van der Waals surface area contributed by atoms with Crippen LogP contribution in [0.3, 0.4) is 0 Å². The summed E-state index contributed by atoms with van der Waals surface area (Å²) in [6.45, 7) is 0. The van der Waals surface area contributed by atoms with E-state index >= 15 is 0 Å². The van der Waals surface area contributed by atoms with Crippen LogP contribution in [0.15, 0.2) is 35.4 Å². The Kier molecular flexibility index (Phi) is 3.69. The van der Waals surface area contributed by atoms with Gasteiger partial charge in [0.1, 0.15) is 5.75 Å². The molecule has 2 N–H and O–H groups in total. The molecular formula is C14H17N3O3S. The Morgan fingerprint density at radius 3 is 2.81 bits per heavy atom. The van der Waals surface area contributed by atoms with E-state index in [2.05, 4.69) is 14.9 Å². The molecule has 21 heavy (non-hydrogen) atoms. The van der Waals surface area contributed by atoms with Crippen LogP contribution in [0.5, 0.6) is 5.75 Å². The van der Waals surface area contributed by atoms with E-state index in [1.54, 1.807) is 31.4 Å². The minimum absolute atomic E-state index is 0.106. The standard InChI is InChI=1S/C14H17N3O3S/c1-20-12-4-6-13(7-5-12)21(18,19)17-11-3-2-10-9-15-16-14(10)8-11/h4-7,9,11,17H,2-3,8H2,1H3,(H,15,16). The first-order valence-corrected chi connectivity index (χ1v) is 8.24. The summed E-state index contributed by atoms with van der Waals surface area (Å²) >= 11 is 0. The summed E-state index contributed by atoms with van der Waals surface area (Å²) in [6.07, 6.45) is 4.07. The molecule has 1 aromatic carbocycles. The van der Waals surface area contributed by atoms with Gasteiger partial charge in [-0.05, 0) is 42.7 Å². The van der Waals surface area contributed by atoms with Crippen LogP contribution in [0.25, 0.3) is 0 Å². The fraction of sp³-hybridized carbons (Fsp3) is 0.357. The predicted molar refractivity (Wildman–Crippen MR) is 77.7 cm³/mol. The van der Waals surface area contributed by atoms with Crippen molar-refractivity contribution in [3.05, 3.63) is 41.7 Å². The molecule has 1 aliphatic carbocycles. The van der Waals surface area contributed by atoms with Gasteiger partial charge in [0, 0.05) is 18.2 Å². The number of H-pyrrole nitrogens is 1. The van der Waals surface area contributed by atoms with Gasteiger partial charge in [0.15, 0.2) is 0 Å². The fourth-order valence-electron chi connectivity index (χ4n) is 2.55. The molecule has 3 rings (SSSR count). The molecule has 112 valence electrons. The molecule has 1 aliphatic rings. The number of hydrogen-bond acceptors (Lipinski definition) is 4. The number of methoxy groups -OCH3 is 1. The lowest BCUT2D eigenvalue weighted by Crippen LogP contribution is -2.38. The van der Waals surface area contributed by atoms with Gasteiger partial charge in [-0.1, -0.05) is 0 Å². The summed E-state index contributed by atoms with van der Waals surface area (Å²) in [6, 6.07) is 6.27. The highest BCUT2D eigenvalue weighted by atomic mass is 32.2. The molecule has 1 heterocycles. The van der Waals surface area contributed by atoms with Gasteiger partial charge in [-0.15, -0.1) is 0 Å². The highest BCUT2D eigenvalue weighted by Gasteiger charge is 2.25. The molecular weight excluding hydrogens is 290 g/mol. The summed E-state index contributed by atoms with van der Waals surface area (Å²) in [4.78, 5) is 0.249. The zero-order valence-electron chi connectivity index (χ0n) is 11.7. The van der Waals surface area contributed by atoms with Crippen molar-refractivity contribution in [1.82, 2.24) is 14.9 Å². The van der Waals surface area contributed by atoms with Crippen LogP contribution in [0, 0.1) is 0 Å². The van der Waals surface area contributed by atoms with Crippen LogP contribution in [-0.2, 0) is 22.9 Å². The normalized spacial score (nSPS) is 18.2. The third kappa shape index (κ3) is 2.93. The van der Waals surface area contributed by atoms with Crippen molar-refractivity contribution in [2.75, 3.05) is 7.11 Å². The van der Waals surface area contributed by atoms with Crippen molar-refractivity contribution in [3.8, 4) is 5.75 Å². The van der Waals surface area contributed by atoms with Crippen molar-refractivity contribution in [2.24, 2.45) is 0 Å². The number of aryl methyl sites for hydroxylation is 1. The van der Waals surface area contributed by atoms with Crippen LogP contribution >= 0.6 is 0 Å². The first kappa shape index (κ1) is 14.1. The maximum absolute atomic E-state index is 12.4. The third-order valence-corrected chi connectivity index (χ3v) is 5.25. The number of hydrogen-bond donors (Lipinski definition) is 2. The van der Waals surface area contributed by atoms with Gasteiger partial charge in [-0.3, -0.25) is 5.10 Å². The number of nitrogens with one attached hydrogen (secondary N) is 2. The minimum Gasteiger partial charge on any atom is -0.497 e. The number of aromatic amines is 1. The molecule has 0 amide bonds. The maximum Gasteiger partial charge on any atom is 0.240 e. The van der Waals surface area contributed by atoms with Gasteiger partial charge < -0.3 is 4.74 Å². The molecule has 0 bridgehead atoms. The average molecular weight is 307 g/mol. The summed E-state index contributed by atoms with van der Waals surface area (Å²) in [5.74, 6) is 0.633. The highest BCUT2D eigenvalue weighted by molar-refractivity contribution is 7.89. The molecule has 0 radical (unpaired) electrons. The Bertz CT molecular complexity index is 722. The number of benzene rings is 1. The van der Waals surface area contributed by atoms with E-state index in [0.717, 1.165) is 18.5 Å². The molecule has 0 aliphatic heterocycles. The first-order chi connectivity index (χ1) is 10.1. The molecule has 0 fully saturated rings. The van der Waals surface area contributed by atoms with Crippen molar-refractivity contribution in [3.63, 3.8) is 0 Å². The second-order valence-electron chi connectivity index (χ2n) is 5.11. The number of sulfonamides is 1. The van der Waals surface area contributed by atoms with Gasteiger partial charge in [-0.25, -0.2) is 13.1 Å². The van der Waals surface area contributed by atoms with Gasteiger partial charge in [0.05, 0.1) is 18.2 Å². The van der Waals surface area contributed by atoms with Gasteiger partial charge in [-0.2, -0.15) is 5.10 Å². The highest BCUT2D eigenvalue weighted by Crippen LogP contribution is 2.21. The molecule has 1 unspecified atom stereocenters. The van der Waals surface area contributed by atoms with E-state index in [4.69, 9.17) is 4.74 Å². The molecule has 0 saturated heterocycles. The van der Waals surface area contributed by atoms with Gasteiger partial charge in [0.25, 0.3) is 0 Å². The van der Waals surface area contributed by atoms with Crippen LogP contribution in [0.1, 0.15) is 17.7 Å². The Morgan fingerprint density at radius 1 is 1.33 bits per heavy atom. The summed E-state index contributed by atoms with van der Waals surface area (Å²) < 4.78 is 32.5. The zero-order chi connectivity index (χ0) is 14.9. The summed E-state index contributed by atoms with van der Waals surface area (Å²) in [5, 5.41) is 6.92. The zero-order valence-corrected chi connectivity index (χ0v) is 12.5. The summed E-state index contributed by atoms with van der Waals surface area (Å²) in [5.41, 5.74) is 2.19. The topological polar surface area (TPSA) is 84.1 Å². The van der Waals surface area contributed by atoms with Crippen LogP contribution in [0.4, 0.5) is 0 Å². The first-order valence-electron chi connectivity index (χ1n) is 6.76. The fourth-order valence-corrected chi connectivity index (χ4v) is 3.82. The second-order valence-corrected chi connectivity index (χ2v) is 6.82. The molecule has 0 saturated carbocycles. The van der Waals surface area contributed by atoms with Crippen molar-refractivity contribution < 1.29 is 13.2 Å². The number of nitrogens with zero attached hydrogens (tertiary/aromatic N) is 1. The Labute approximate surface area is 123 Å². The van der Waals surface area contributed by atoms with E-state index in [1.165, 1.54) is 5.56 Å². The van der Waals surface area contributed by atoms with Crippen LogP contribution in [0.2, 0.25) is 0 Å². The SMILES string of the molecule is COc1ccc(S(=O)(=O)NC2CCc3cn[nH]c3C2)cc1. The van der Waals surface area contributed by atoms with Crippen molar-refractivity contribution in [1.29, 1.82) is 0 Å². The minimum atomic E-state index is -3.51. The predicted octanol–water partition coefficient (Wildman–Crippen LogP) is 1.25. The van der Waals surface area contributed by atoms with E-state index < -0.39 is 10.0 Å². The number of ether oxygens (including phenoxy) is 1. The largest absolute Gasteiger partial charge is 0.497 e. The van der Waals surface area contributed by atoms with Crippen molar-refractivity contribution >= 4 is 10.0 Å². The van der Waals surface area contributed by atoms with Crippen LogP contribution in [-0.4, -0.2) is 31.8 Å². The Morgan fingerprint density at radius 2 is 2.10 bits per heavy atom. The van der Waals surface area contributed by atoms with E-state index in [0.29, 0.717) is 12.2 Å². The van der Waals surface area contributed by atoms with Gasteiger partial charge in [0.2, 0.25) is 10.0 Å². The Hall–Kier alpha value is -1.86. The smallest absolute Gasteiger partial charge is 0.240 e. The number of aromatic nitrogens is 2. The van der Waals surface area contributed by atoms with Gasteiger partial charge >= 0.3 is 0 Å². The molecule has 2 aromatic rings. The van der Waals surface area contributed by atoms with Crippen LogP contribution < -0.4 is 9.46 Å². The third-order valence-electron chi connectivity index (χ3n) is 3.71. The Balaban J connectivity index is 1.74.